The van der Waals surface area contributed by atoms with Crippen LogP contribution in [-0.4, -0.2) is 35.2 Å². The van der Waals surface area contributed by atoms with Crippen LogP contribution in [0.2, 0.25) is 0 Å². The van der Waals surface area contributed by atoms with Crippen LogP contribution in [0.3, 0.4) is 0 Å². The molecule has 2 rings (SSSR count). The minimum atomic E-state index is -1.05. The Morgan fingerprint density at radius 2 is 2.22 bits per heavy atom. The maximum Gasteiger partial charge on any atom is 0.336 e. The van der Waals surface area contributed by atoms with Crippen molar-refractivity contribution >= 4 is 33.5 Å². The zero-order valence-corrected chi connectivity index (χ0v) is 11.1. The standard InChI is InChI=1S/C12H12BrNO4/c13-10-2-1-8(4-9(10)12(17)18)14-5-7(6-15)3-11(14)16/h1-2,4,7,15H,3,5-6H2,(H,17,18). The first-order valence-corrected chi connectivity index (χ1v) is 6.26. The summed E-state index contributed by atoms with van der Waals surface area (Å²) in [7, 11) is 0. The number of carbonyl (C=O) groups is 2. The lowest BCUT2D eigenvalue weighted by atomic mass is 10.1. The van der Waals surface area contributed by atoms with Gasteiger partial charge in [-0.2, -0.15) is 0 Å². The van der Waals surface area contributed by atoms with Gasteiger partial charge in [-0.3, -0.25) is 4.79 Å². The van der Waals surface area contributed by atoms with Crippen molar-refractivity contribution in [2.24, 2.45) is 5.92 Å². The van der Waals surface area contributed by atoms with Gasteiger partial charge in [0.1, 0.15) is 0 Å². The minimum Gasteiger partial charge on any atom is -0.478 e. The highest BCUT2D eigenvalue weighted by Gasteiger charge is 2.30. The smallest absolute Gasteiger partial charge is 0.336 e. The number of aromatic carboxylic acids is 1. The molecule has 0 saturated carbocycles. The van der Waals surface area contributed by atoms with Gasteiger partial charge in [0.2, 0.25) is 5.91 Å². The molecule has 2 N–H and O–H groups in total. The second kappa shape index (κ2) is 5.07. The predicted molar refractivity (Wildman–Crippen MR) is 68.6 cm³/mol. The third-order valence-electron chi connectivity index (χ3n) is 2.96. The number of aliphatic hydroxyl groups excluding tert-OH is 1. The number of carbonyl (C=O) groups excluding carboxylic acids is 1. The number of halogens is 1. The van der Waals surface area contributed by atoms with Crippen LogP contribution in [0.1, 0.15) is 16.8 Å². The molecule has 1 atom stereocenters. The number of hydrogen-bond acceptors (Lipinski definition) is 3. The Hall–Kier alpha value is -1.40. The summed E-state index contributed by atoms with van der Waals surface area (Å²) in [6, 6.07) is 4.76. The van der Waals surface area contributed by atoms with Crippen LogP contribution >= 0.6 is 15.9 Å². The van der Waals surface area contributed by atoms with Crippen molar-refractivity contribution in [1.29, 1.82) is 0 Å². The number of anilines is 1. The van der Waals surface area contributed by atoms with E-state index >= 15 is 0 Å². The van der Waals surface area contributed by atoms with Crippen LogP contribution in [0, 0.1) is 5.92 Å². The van der Waals surface area contributed by atoms with Crippen LogP contribution in [0.25, 0.3) is 0 Å². The van der Waals surface area contributed by atoms with E-state index in [0.29, 0.717) is 23.1 Å². The van der Waals surface area contributed by atoms with Crippen molar-refractivity contribution in [2.75, 3.05) is 18.1 Å². The Labute approximate surface area is 112 Å². The first-order valence-electron chi connectivity index (χ1n) is 5.47. The lowest BCUT2D eigenvalue weighted by molar-refractivity contribution is -0.117. The van der Waals surface area contributed by atoms with Crippen LogP contribution < -0.4 is 4.90 Å². The average molecular weight is 314 g/mol. The van der Waals surface area contributed by atoms with Crippen molar-refractivity contribution in [3.8, 4) is 0 Å². The monoisotopic (exact) mass is 313 g/mol. The fourth-order valence-corrected chi connectivity index (χ4v) is 2.41. The molecule has 0 radical (unpaired) electrons. The number of carboxylic acid groups (broad SMARTS) is 1. The summed E-state index contributed by atoms with van der Waals surface area (Å²) in [5.41, 5.74) is 0.671. The Kier molecular flexibility index (Phi) is 3.68. The largest absolute Gasteiger partial charge is 0.478 e. The minimum absolute atomic E-state index is 0.0371. The van der Waals surface area contributed by atoms with Crippen molar-refractivity contribution in [3.05, 3.63) is 28.2 Å². The topological polar surface area (TPSA) is 77.8 Å². The van der Waals surface area contributed by atoms with Gasteiger partial charge >= 0.3 is 5.97 Å². The van der Waals surface area contributed by atoms with Gasteiger partial charge in [0.15, 0.2) is 0 Å². The highest BCUT2D eigenvalue weighted by atomic mass is 79.9. The van der Waals surface area contributed by atoms with Crippen LogP contribution in [-0.2, 0) is 4.79 Å². The first-order chi connectivity index (χ1) is 8.52. The third-order valence-corrected chi connectivity index (χ3v) is 3.65. The summed E-state index contributed by atoms with van der Waals surface area (Å²) < 4.78 is 0.476. The molecule has 1 aromatic carbocycles. The molecule has 1 fully saturated rings. The molecule has 0 spiro atoms. The highest BCUT2D eigenvalue weighted by molar-refractivity contribution is 9.10. The van der Waals surface area contributed by atoms with E-state index in [9.17, 15) is 9.59 Å². The van der Waals surface area contributed by atoms with Gasteiger partial charge in [0.05, 0.1) is 5.56 Å². The van der Waals surface area contributed by atoms with Gasteiger partial charge in [0.25, 0.3) is 0 Å². The summed E-state index contributed by atoms with van der Waals surface area (Å²) in [6.07, 6.45) is 0.301. The van der Waals surface area contributed by atoms with Crippen molar-refractivity contribution in [2.45, 2.75) is 6.42 Å². The fraction of sp³-hybridized carbons (Fsp3) is 0.333. The molecule has 5 nitrogen and oxygen atoms in total. The number of aliphatic hydroxyl groups is 1. The molecule has 96 valence electrons. The van der Waals surface area contributed by atoms with E-state index in [1.165, 1.54) is 11.0 Å². The summed E-state index contributed by atoms with van der Waals surface area (Å²) in [4.78, 5) is 24.3. The first kappa shape index (κ1) is 13.0. The lowest BCUT2D eigenvalue weighted by Gasteiger charge is -2.17. The second-order valence-electron chi connectivity index (χ2n) is 4.23. The average Bonchev–Trinajstić information content (AvgIpc) is 2.71. The zero-order chi connectivity index (χ0) is 13.3. The maximum atomic E-state index is 11.8. The molecular formula is C12H12BrNO4. The second-order valence-corrected chi connectivity index (χ2v) is 5.08. The van der Waals surface area contributed by atoms with E-state index in [4.69, 9.17) is 10.2 Å². The molecule has 1 aromatic rings. The number of rotatable bonds is 3. The molecular weight excluding hydrogens is 302 g/mol. The third kappa shape index (κ3) is 2.39. The molecule has 1 amide bonds. The van der Waals surface area contributed by atoms with Gasteiger partial charge in [-0.05, 0) is 34.1 Å². The SMILES string of the molecule is O=C(O)c1cc(N2CC(CO)CC2=O)ccc1Br. The number of amides is 1. The van der Waals surface area contributed by atoms with E-state index in [1.807, 2.05) is 0 Å². The highest BCUT2D eigenvalue weighted by Crippen LogP contribution is 2.28. The molecule has 0 aliphatic carbocycles. The van der Waals surface area contributed by atoms with E-state index in [0.717, 1.165) is 0 Å². The van der Waals surface area contributed by atoms with Gasteiger partial charge in [-0.1, -0.05) is 0 Å². The Morgan fingerprint density at radius 1 is 1.50 bits per heavy atom. The molecule has 1 saturated heterocycles. The van der Waals surface area contributed by atoms with Gasteiger partial charge < -0.3 is 15.1 Å². The summed E-state index contributed by atoms with van der Waals surface area (Å²) >= 11 is 3.16. The van der Waals surface area contributed by atoms with Crippen molar-refractivity contribution < 1.29 is 19.8 Å². The molecule has 1 unspecified atom stereocenters. The normalized spacial score (nSPS) is 19.3. The number of nitrogens with zero attached hydrogens (tertiary/aromatic N) is 1. The zero-order valence-electron chi connectivity index (χ0n) is 9.47. The Balaban J connectivity index is 2.32. The Morgan fingerprint density at radius 3 is 2.78 bits per heavy atom. The van der Waals surface area contributed by atoms with Crippen LogP contribution in [0.5, 0.6) is 0 Å². The summed E-state index contributed by atoms with van der Waals surface area (Å²) in [5, 5.41) is 18.1. The predicted octanol–water partition coefficient (Wildman–Crippen LogP) is 1.49. The Bertz CT molecular complexity index is 503. The van der Waals surface area contributed by atoms with Gasteiger partial charge in [0, 0.05) is 35.7 Å². The van der Waals surface area contributed by atoms with Crippen LogP contribution in [0.4, 0.5) is 5.69 Å². The van der Waals surface area contributed by atoms with E-state index < -0.39 is 5.97 Å². The van der Waals surface area contributed by atoms with E-state index in [-0.39, 0.29) is 24.0 Å². The summed E-state index contributed by atoms with van der Waals surface area (Å²) in [5.74, 6) is -1.21. The maximum absolute atomic E-state index is 11.8. The van der Waals surface area contributed by atoms with E-state index in [1.54, 1.807) is 12.1 Å². The van der Waals surface area contributed by atoms with Gasteiger partial charge in [-0.15, -0.1) is 0 Å². The fourth-order valence-electron chi connectivity index (χ4n) is 2.00. The van der Waals surface area contributed by atoms with Crippen LogP contribution in [0.15, 0.2) is 22.7 Å². The molecule has 0 bridgehead atoms. The molecule has 6 heteroatoms. The number of hydrogen-bond donors (Lipinski definition) is 2. The van der Waals surface area contributed by atoms with Crippen molar-refractivity contribution in [1.82, 2.24) is 0 Å². The molecule has 0 aromatic heterocycles. The quantitative estimate of drug-likeness (QED) is 0.886. The van der Waals surface area contributed by atoms with E-state index in [2.05, 4.69) is 15.9 Å². The molecule has 1 heterocycles. The number of benzene rings is 1. The van der Waals surface area contributed by atoms with Gasteiger partial charge in [-0.25, -0.2) is 4.79 Å². The van der Waals surface area contributed by atoms with Crippen molar-refractivity contribution in [3.63, 3.8) is 0 Å². The number of carboxylic acids is 1. The lowest BCUT2D eigenvalue weighted by Crippen LogP contribution is -2.25. The summed E-state index contributed by atoms with van der Waals surface area (Å²) in [6.45, 7) is 0.389. The molecule has 1 aliphatic rings. The molecule has 1 aliphatic heterocycles. The molecule has 18 heavy (non-hydrogen) atoms.